The van der Waals surface area contributed by atoms with Crippen molar-refractivity contribution in [3.8, 4) is 0 Å². The molecule has 0 fully saturated rings. The van der Waals surface area contributed by atoms with Crippen LogP contribution in [-0.2, 0) is 41.0 Å². The molecular formula is C35H50N3O3Ti-. The summed E-state index contributed by atoms with van der Waals surface area (Å²) in [6.07, 6.45) is 12.2. The predicted molar refractivity (Wildman–Crippen MR) is 176 cm³/mol. The second kappa shape index (κ2) is 23.7. The minimum Gasteiger partial charge on any atom is -0.396 e. The van der Waals surface area contributed by atoms with Crippen LogP contribution < -0.4 is 14.7 Å². The Labute approximate surface area is 269 Å². The Morgan fingerprint density at radius 1 is 0.548 bits per heavy atom. The SMILES string of the molecule is CN(C)c1ccccc1CCO.CN(C)c1ccccc1CCO.CN(C)c1ccccc1CCO.[C-]1=CC=CC1.[Ti]. The molecule has 3 aromatic carbocycles. The molecule has 0 spiro atoms. The van der Waals surface area contributed by atoms with E-state index in [1.54, 1.807) is 0 Å². The predicted octanol–water partition coefficient (Wildman–Crippen LogP) is 5.17. The van der Waals surface area contributed by atoms with E-state index in [2.05, 4.69) is 45.1 Å². The maximum atomic E-state index is 8.81. The zero-order valence-corrected chi connectivity index (χ0v) is 27.9. The fourth-order valence-electron chi connectivity index (χ4n) is 4.18. The van der Waals surface area contributed by atoms with Crippen molar-refractivity contribution in [2.45, 2.75) is 25.7 Å². The fourth-order valence-corrected chi connectivity index (χ4v) is 4.18. The summed E-state index contributed by atoms with van der Waals surface area (Å²) in [6.45, 7) is 0.639. The molecule has 1 aliphatic rings. The first-order chi connectivity index (χ1) is 19.8. The Morgan fingerprint density at radius 3 is 1.05 bits per heavy atom. The van der Waals surface area contributed by atoms with Crippen LogP contribution in [0.5, 0.6) is 0 Å². The van der Waals surface area contributed by atoms with Gasteiger partial charge < -0.3 is 30.0 Å². The zero-order valence-electron chi connectivity index (χ0n) is 26.3. The molecule has 0 bridgehead atoms. The second-order valence-corrected chi connectivity index (χ2v) is 9.99. The number of allylic oxidation sites excluding steroid dienone is 4. The molecule has 3 N–H and O–H groups in total. The van der Waals surface area contributed by atoms with Crippen LogP contribution in [0, 0.1) is 6.08 Å². The largest absolute Gasteiger partial charge is 0.396 e. The molecule has 6 nitrogen and oxygen atoms in total. The van der Waals surface area contributed by atoms with Crippen molar-refractivity contribution in [2.24, 2.45) is 0 Å². The number of benzene rings is 3. The van der Waals surface area contributed by atoms with Gasteiger partial charge in [-0.2, -0.15) is 6.08 Å². The molecule has 1 aliphatic carbocycles. The van der Waals surface area contributed by atoms with Gasteiger partial charge in [0.25, 0.3) is 0 Å². The van der Waals surface area contributed by atoms with Crippen LogP contribution in [0.1, 0.15) is 23.1 Å². The topological polar surface area (TPSA) is 70.4 Å². The summed E-state index contributed by atoms with van der Waals surface area (Å²) in [5.74, 6) is 0. The van der Waals surface area contributed by atoms with Gasteiger partial charge in [0.1, 0.15) is 0 Å². The summed E-state index contributed by atoms with van der Waals surface area (Å²) in [4.78, 5) is 6.18. The quantitative estimate of drug-likeness (QED) is 0.230. The molecule has 0 aromatic heterocycles. The number of nitrogens with zero attached hydrogens (tertiary/aromatic N) is 3. The number of hydrogen-bond acceptors (Lipinski definition) is 6. The average Bonchev–Trinajstić information content (AvgIpc) is 3.56. The number of aliphatic hydroxyl groups excluding tert-OH is 3. The summed E-state index contributed by atoms with van der Waals surface area (Å²) in [5, 5.41) is 26.4. The Hall–Kier alpha value is -2.87. The molecule has 0 saturated heterocycles. The standard InChI is InChI=1S/3C10H15NO.C5H5.Ti/c3*1-11(2)10-6-4-3-5-9(10)7-8-12;1-2-4-5-3-1;/h3*3-6,12H,7-8H2,1-2H3;1-3H,4H2;/q;;;-1;. The summed E-state index contributed by atoms with van der Waals surface area (Å²) < 4.78 is 0. The van der Waals surface area contributed by atoms with Crippen molar-refractivity contribution in [3.05, 3.63) is 114 Å². The van der Waals surface area contributed by atoms with Gasteiger partial charge in [-0.25, -0.2) is 12.2 Å². The van der Waals surface area contributed by atoms with E-state index >= 15 is 0 Å². The molecule has 228 valence electrons. The van der Waals surface area contributed by atoms with Crippen LogP contribution in [-0.4, -0.2) is 77.4 Å². The molecule has 0 heterocycles. The molecular weight excluding hydrogens is 558 g/mol. The van der Waals surface area contributed by atoms with Crippen molar-refractivity contribution >= 4 is 17.1 Å². The Balaban J connectivity index is 0.000000547. The number of para-hydroxylation sites is 3. The smallest absolute Gasteiger partial charge is 0.0472 e. The van der Waals surface area contributed by atoms with E-state index in [-0.39, 0.29) is 41.5 Å². The monoisotopic (exact) mass is 608 g/mol. The summed E-state index contributed by atoms with van der Waals surface area (Å²) in [6, 6.07) is 24.3. The molecule has 0 saturated carbocycles. The molecule has 0 unspecified atom stereocenters. The number of hydrogen-bond donors (Lipinski definition) is 3. The minimum atomic E-state index is 0. The molecule has 7 heteroatoms. The first-order valence-electron chi connectivity index (χ1n) is 14.1. The number of anilines is 3. The molecule has 3 aromatic rings. The van der Waals surface area contributed by atoms with Gasteiger partial charge >= 0.3 is 0 Å². The van der Waals surface area contributed by atoms with E-state index < -0.39 is 0 Å². The molecule has 0 atom stereocenters. The van der Waals surface area contributed by atoms with Crippen LogP contribution in [0.4, 0.5) is 17.1 Å². The van der Waals surface area contributed by atoms with Crippen molar-refractivity contribution in [2.75, 3.05) is 76.8 Å². The van der Waals surface area contributed by atoms with Crippen molar-refractivity contribution < 1.29 is 37.0 Å². The minimum absolute atomic E-state index is 0. The second-order valence-electron chi connectivity index (χ2n) is 9.99. The molecule has 42 heavy (non-hydrogen) atoms. The zero-order chi connectivity index (χ0) is 30.5. The summed E-state index contributed by atoms with van der Waals surface area (Å²) in [7, 11) is 12.1. The maximum absolute atomic E-state index is 8.81. The van der Waals surface area contributed by atoms with Crippen LogP contribution >= 0.6 is 0 Å². The van der Waals surface area contributed by atoms with Crippen LogP contribution in [0.2, 0.25) is 0 Å². The van der Waals surface area contributed by atoms with Gasteiger partial charge in [-0.05, 0) is 54.2 Å². The van der Waals surface area contributed by atoms with Crippen molar-refractivity contribution in [1.82, 2.24) is 0 Å². The Bertz CT molecular complexity index is 1030. The first-order valence-corrected chi connectivity index (χ1v) is 14.1. The van der Waals surface area contributed by atoms with Gasteiger partial charge in [0.15, 0.2) is 0 Å². The molecule has 0 radical (unpaired) electrons. The van der Waals surface area contributed by atoms with Crippen LogP contribution in [0.25, 0.3) is 0 Å². The van der Waals surface area contributed by atoms with Gasteiger partial charge in [0.05, 0.1) is 0 Å². The van der Waals surface area contributed by atoms with Gasteiger partial charge in [0, 0.05) is 101 Å². The van der Waals surface area contributed by atoms with Gasteiger partial charge in [0.2, 0.25) is 0 Å². The maximum Gasteiger partial charge on any atom is 0.0472 e. The summed E-state index contributed by atoms with van der Waals surface area (Å²) >= 11 is 0. The molecule has 0 aliphatic heterocycles. The summed E-state index contributed by atoms with van der Waals surface area (Å²) in [5.41, 5.74) is 7.16. The van der Waals surface area contributed by atoms with Crippen molar-refractivity contribution in [1.29, 1.82) is 0 Å². The average molecular weight is 609 g/mol. The Morgan fingerprint density at radius 2 is 0.857 bits per heavy atom. The third-order valence-corrected chi connectivity index (χ3v) is 6.15. The Kier molecular flexibility index (Phi) is 22.1. The third kappa shape index (κ3) is 15.4. The van der Waals surface area contributed by atoms with E-state index in [0.717, 1.165) is 25.7 Å². The van der Waals surface area contributed by atoms with Gasteiger partial charge in [-0.3, -0.25) is 6.08 Å². The van der Waals surface area contributed by atoms with E-state index in [4.69, 9.17) is 15.3 Å². The van der Waals surface area contributed by atoms with Crippen molar-refractivity contribution in [3.63, 3.8) is 0 Å². The van der Waals surface area contributed by atoms with E-state index in [1.165, 1.54) is 33.8 Å². The first kappa shape index (κ1) is 39.1. The van der Waals surface area contributed by atoms with E-state index in [9.17, 15) is 0 Å². The van der Waals surface area contributed by atoms with Gasteiger partial charge in [-0.1, -0.05) is 54.6 Å². The number of aliphatic hydroxyl groups is 3. The third-order valence-electron chi connectivity index (χ3n) is 6.15. The van der Waals surface area contributed by atoms with Crippen LogP contribution in [0.3, 0.4) is 0 Å². The fraction of sp³-hybridized carbons (Fsp3) is 0.371. The normalized spacial score (nSPS) is 10.6. The van der Waals surface area contributed by atoms with E-state index in [0.29, 0.717) is 0 Å². The van der Waals surface area contributed by atoms with Gasteiger partial charge in [-0.15, -0.1) is 6.42 Å². The number of rotatable bonds is 9. The molecule has 4 rings (SSSR count). The molecule has 0 amide bonds. The van der Waals surface area contributed by atoms with Crippen LogP contribution in [0.15, 0.2) is 91.0 Å². The van der Waals surface area contributed by atoms with E-state index in [1.807, 2.05) is 109 Å².